The summed E-state index contributed by atoms with van der Waals surface area (Å²) in [6.07, 6.45) is 0. The van der Waals surface area contributed by atoms with Crippen LogP contribution in [0.4, 0.5) is 0 Å². The molecule has 1 aromatic carbocycles. The number of hydrogen-bond acceptors (Lipinski definition) is 4. The summed E-state index contributed by atoms with van der Waals surface area (Å²) < 4.78 is 5.40. The number of nitrogens with two attached hydrogens (primary N) is 1. The number of aryl methyl sites for hydroxylation is 2. The Hall–Kier alpha value is -1.10. The average Bonchev–Trinajstić information content (AvgIpc) is 2.28. The Morgan fingerprint density at radius 2 is 1.78 bits per heavy atom. The van der Waals surface area contributed by atoms with E-state index in [2.05, 4.69) is 50.6 Å². The Balaban J connectivity index is 2.95. The summed E-state index contributed by atoms with van der Waals surface area (Å²) in [7, 11) is 1.72. The highest BCUT2D eigenvalue weighted by Crippen LogP contribution is 2.30. The highest BCUT2D eigenvalue weighted by Gasteiger charge is 2.21. The second-order valence-corrected chi connectivity index (χ2v) is 5.33. The largest absolute Gasteiger partial charge is 0.496 e. The third-order valence-electron chi connectivity index (χ3n) is 3.24. The Labute approximate surface area is 110 Å². The molecule has 1 rings (SSSR count). The van der Waals surface area contributed by atoms with E-state index in [9.17, 15) is 0 Å². The van der Waals surface area contributed by atoms with E-state index in [-0.39, 0.29) is 5.41 Å². The summed E-state index contributed by atoms with van der Waals surface area (Å²) >= 11 is 0. The quantitative estimate of drug-likeness (QED) is 0.311. The fourth-order valence-electron chi connectivity index (χ4n) is 2.21. The molecule has 4 heteroatoms. The van der Waals surface area contributed by atoms with Crippen molar-refractivity contribution in [2.45, 2.75) is 33.1 Å². The summed E-state index contributed by atoms with van der Waals surface area (Å²) in [6, 6.07) is 4.40. The Morgan fingerprint density at radius 3 is 2.22 bits per heavy atom. The number of ether oxygens (including phenoxy) is 1. The molecular formula is C14H25N3O. The maximum atomic E-state index is 5.40. The third kappa shape index (κ3) is 3.45. The smallest absolute Gasteiger partial charge is 0.124 e. The van der Waals surface area contributed by atoms with Crippen molar-refractivity contribution in [2.75, 3.05) is 20.3 Å². The maximum Gasteiger partial charge on any atom is 0.124 e. The molecule has 0 amide bonds. The minimum absolute atomic E-state index is 0.0542. The molecule has 0 bridgehead atoms. The van der Waals surface area contributed by atoms with Gasteiger partial charge in [0.1, 0.15) is 5.75 Å². The zero-order valence-corrected chi connectivity index (χ0v) is 12.1. The molecule has 0 saturated heterocycles. The van der Waals surface area contributed by atoms with E-state index < -0.39 is 0 Å². The van der Waals surface area contributed by atoms with Gasteiger partial charge < -0.3 is 10.1 Å². The van der Waals surface area contributed by atoms with Crippen molar-refractivity contribution in [2.24, 2.45) is 5.84 Å². The number of hydrazine groups is 1. The van der Waals surface area contributed by atoms with Crippen molar-refractivity contribution in [3.63, 3.8) is 0 Å². The third-order valence-corrected chi connectivity index (χ3v) is 3.24. The molecule has 4 N–H and O–H groups in total. The van der Waals surface area contributed by atoms with Gasteiger partial charge in [-0.2, -0.15) is 0 Å². The van der Waals surface area contributed by atoms with E-state index in [0.717, 1.165) is 12.3 Å². The number of benzene rings is 1. The Bertz CT molecular complexity index is 379. The molecule has 0 radical (unpaired) electrons. The van der Waals surface area contributed by atoms with Crippen LogP contribution >= 0.6 is 0 Å². The van der Waals surface area contributed by atoms with Crippen molar-refractivity contribution in [3.05, 3.63) is 28.8 Å². The van der Waals surface area contributed by atoms with Gasteiger partial charge in [-0.05, 0) is 30.5 Å². The van der Waals surface area contributed by atoms with Gasteiger partial charge in [0.25, 0.3) is 0 Å². The van der Waals surface area contributed by atoms with E-state index in [1.807, 2.05) is 0 Å². The van der Waals surface area contributed by atoms with Gasteiger partial charge in [-0.3, -0.25) is 5.84 Å². The van der Waals surface area contributed by atoms with Crippen LogP contribution in [0.2, 0.25) is 0 Å². The van der Waals surface area contributed by atoms with Crippen molar-refractivity contribution in [1.82, 2.24) is 10.7 Å². The van der Waals surface area contributed by atoms with Crippen molar-refractivity contribution in [1.29, 1.82) is 0 Å². The SMILES string of the molecule is COc1c(C)cc(C(C)(C)CNCNN)cc1C. The topological polar surface area (TPSA) is 59.3 Å². The molecule has 18 heavy (non-hydrogen) atoms. The monoisotopic (exact) mass is 251 g/mol. The standard InChI is InChI=1S/C14H25N3O/c1-10-6-12(7-11(2)13(10)18-5)14(3,4)8-16-9-17-15/h6-7,16-17H,8-9,15H2,1-5H3. The molecule has 0 spiro atoms. The van der Waals surface area contributed by atoms with Crippen LogP contribution in [0, 0.1) is 13.8 Å². The summed E-state index contributed by atoms with van der Waals surface area (Å²) in [5.74, 6) is 6.23. The summed E-state index contributed by atoms with van der Waals surface area (Å²) in [5, 5.41) is 3.27. The Kier molecular flexibility index (Phi) is 5.14. The van der Waals surface area contributed by atoms with Gasteiger partial charge in [-0.25, -0.2) is 5.43 Å². The molecule has 0 aromatic heterocycles. The molecule has 0 atom stereocenters. The number of methoxy groups -OCH3 is 1. The van der Waals surface area contributed by atoms with Crippen LogP contribution in [0.25, 0.3) is 0 Å². The molecule has 4 nitrogen and oxygen atoms in total. The lowest BCUT2D eigenvalue weighted by Crippen LogP contribution is -2.40. The minimum atomic E-state index is 0.0542. The van der Waals surface area contributed by atoms with Gasteiger partial charge in [0.2, 0.25) is 0 Å². The zero-order chi connectivity index (χ0) is 13.8. The summed E-state index contributed by atoms with van der Waals surface area (Å²) in [6.45, 7) is 10.1. The van der Waals surface area contributed by atoms with E-state index in [1.165, 1.54) is 16.7 Å². The average molecular weight is 251 g/mol. The van der Waals surface area contributed by atoms with E-state index in [1.54, 1.807) is 7.11 Å². The first kappa shape index (κ1) is 15.0. The van der Waals surface area contributed by atoms with Crippen molar-refractivity contribution in [3.8, 4) is 5.75 Å². The van der Waals surface area contributed by atoms with Crippen LogP contribution in [0.15, 0.2) is 12.1 Å². The highest BCUT2D eigenvalue weighted by atomic mass is 16.5. The molecule has 0 unspecified atom stereocenters. The van der Waals surface area contributed by atoms with E-state index >= 15 is 0 Å². The van der Waals surface area contributed by atoms with Gasteiger partial charge in [0.15, 0.2) is 0 Å². The van der Waals surface area contributed by atoms with E-state index in [4.69, 9.17) is 10.6 Å². The molecule has 0 aliphatic rings. The molecular weight excluding hydrogens is 226 g/mol. The van der Waals surface area contributed by atoms with Crippen LogP contribution in [0.1, 0.15) is 30.5 Å². The Morgan fingerprint density at radius 1 is 1.22 bits per heavy atom. The van der Waals surface area contributed by atoms with Crippen LogP contribution in [-0.4, -0.2) is 20.3 Å². The van der Waals surface area contributed by atoms with Gasteiger partial charge in [-0.1, -0.05) is 26.0 Å². The van der Waals surface area contributed by atoms with Crippen molar-refractivity contribution >= 4 is 0 Å². The van der Waals surface area contributed by atoms with Crippen LogP contribution < -0.4 is 21.3 Å². The minimum Gasteiger partial charge on any atom is -0.496 e. The first-order chi connectivity index (χ1) is 8.42. The van der Waals surface area contributed by atoms with Crippen molar-refractivity contribution < 1.29 is 4.74 Å². The van der Waals surface area contributed by atoms with Crippen LogP contribution in [0.3, 0.4) is 0 Å². The van der Waals surface area contributed by atoms with E-state index in [0.29, 0.717) is 6.67 Å². The fraction of sp³-hybridized carbons (Fsp3) is 0.571. The number of hydrogen-bond donors (Lipinski definition) is 3. The van der Waals surface area contributed by atoms with Gasteiger partial charge in [0.05, 0.1) is 13.8 Å². The normalized spacial score (nSPS) is 11.7. The first-order valence-corrected chi connectivity index (χ1v) is 6.22. The second kappa shape index (κ2) is 6.18. The summed E-state index contributed by atoms with van der Waals surface area (Å²) in [5.41, 5.74) is 6.32. The molecule has 102 valence electrons. The molecule has 0 heterocycles. The maximum absolute atomic E-state index is 5.40. The predicted molar refractivity (Wildman–Crippen MR) is 75.7 cm³/mol. The molecule has 1 aromatic rings. The van der Waals surface area contributed by atoms with Gasteiger partial charge >= 0.3 is 0 Å². The number of rotatable bonds is 6. The van der Waals surface area contributed by atoms with Gasteiger partial charge in [-0.15, -0.1) is 0 Å². The van der Waals surface area contributed by atoms with Gasteiger partial charge in [0, 0.05) is 12.0 Å². The number of nitrogens with one attached hydrogen (secondary N) is 2. The molecule has 0 aliphatic carbocycles. The molecule has 0 fully saturated rings. The highest BCUT2D eigenvalue weighted by molar-refractivity contribution is 5.45. The lowest BCUT2D eigenvalue weighted by atomic mass is 9.83. The fourth-order valence-corrected chi connectivity index (χ4v) is 2.21. The molecule has 0 saturated carbocycles. The summed E-state index contributed by atoms with van der Waals surface area (Å²) in [4.78, 5) is 0. The van der Waals surface area contributed by atoms with Crippen LogP contribution in [-0.2, 0) is 5.41 Å². The predicted octanol–water partition coefficient (Wildman–Crippen LogP) is 1.60. The lowest BCUT2D eigenvalue weighted by molar-refractivity contribution is 0.406. The van der Waals surface area contributed by atoms with Crippen LogP contribution in [0.5, 0.6) is 5.75 Å². The lowest BCUT2D eigenvalue weighted by Gasteiger charge is -2.27. The first-order valence-electron chi connectivity index (χ1n) is 6.22. The molecule has 0 aliphatic heterocycles. The zero-order valence-electron chi connectivity index (χ0n) is 12.1. The second-order valence-electron chi connectivity index (χ2n) is 5.33.